The second-order valence-electron chi connectivity index (χ2n) is 5.70. The number of ether oxygens (including phenoxy) is 1. The normalized spacial score (nSPS) is 27.7. The van der Waals surface area contributed by atoms with Crippen molar-refractivity contribution >= 4 is 17.8 Å². The van der Waals surface area contributed by atoms with Crippen LogP contribution in [0.4, 0.5) is 10.6 Å². The maximum absolute atomic E-state index is 12.3. The highest BCUT2D eigenvalue weighted by Gasteiger charge is 2.57. The highest BCUT2D eigenvalue weighted by atomic mass is 16.5. The number of carbonyl (C=O) groups excluding carboxylic acids is 1. The fourth-order valence-electron chi connectivity index (χ4n) is 2.91. The van der Waals surface area contributed by atoms with Gasteiger partial charge in [-0.15, -0.1) is 0 Å². The molecule has 0 bridgehead atoms. The molecule has 3 heterocycles. The van der Waals surface area contributed by atoms with Gasteiger partial charge in [0.25, 0.3) is 0 Å². The van der Waals surface area contributed by atoms with Crippen LogP contribution in [-0.2, 0) is 9.53 Å². The smallest absolute Gasteiger partial charge is 0.323 e. The number of fused-ring (bicyclic) bond motifs is 1. The molecule has 2 atom stereocenters. The predicted molar refractivity (Wildman–Crippen MR) is 70.9 cm³/mol. The van der Waals surface area contributed by atoms with Gasteiger partial charge in [0, 0.05) is 24.6 Å². The van der Waals surface area contributed by atoms with Crippen molar-refractivity contribution < 1.29 is 24.0 Å². The molecule has 2 amide bonds. The minimum absolute atomic E-state index is 0.148. The summed E-state index contributed by atoms with van der Waals surface area (Å²) >= 11 is 0. The molecule has 21 heavy (non-hydrogen) atoms. The number of carboxylic acid groups (broad SMARTS) is 1. The molecule has 1 aromatic heterocycles. The summed E-state index contributed by atoms with van der Waals surface area (Å²) < 4.78 is 10.3. The average Bonchev–Trinajstić information content (AvgIpc) is 3.06. The lowest BCUT2D eigenvalue weighted by Crippen LogP contribution is -2.41. The number of amides is 2. The SMILES string of the molecule is Cc1onc(NC(=O)N2C[C@@H]3COC[C@]3(C(=O)O)C2)c1C. The second kappa shape index (κ2) is 4.73. The van der Waals surface area contributed by atoms with Crippen molar-refractivity contribution in [1.82, 2.24) is 10.1 Å². The molecule has 2 fully saturated rings. The Morgan fingerprint density at radius 2 is 2.24 bits per heavy atom. The van der Waals surface area contributed by atoms with Crippen molar-refractivity contribution in [2.24, 2.45) is 11.3 Å². The summed E-state index contributed by atoms with van der Waals surface area (Å²) in [6.07, 6.45) is 0. The number of carbonyl (C=O) groups is 2. The summed E-state index contributed by atoms with van der Waals surface area (Å²) in [4.78, 5) is 25.3. The molecule has 0 saturated carbocycles. The van der Waals surface area contributed by atoms with Crippen molar-refractivity contribution in [3.63, 3.8) is 0 Å². The van der Waals surface area contributed by atoms with Crippen LogP contribution in [0.1, 0.15) is 11.3 Å². The summed E-state index contributed by atoms with van der Waals surface area (Å²) in [6.45, 7) is 4.60. The molecule has 2 N–H and O–H groups in total. The first kappa shape index (κ1) is 13.9. The predicted octanol–water partition coefficient (Wildman–Crippen LogP) is 0.856. The van der Waals surface area contributed by atoms with Gasteiger partial charge in [-0.05, 0) is 13.8 Å². The first-order valence-corrected chi connectivity index (χ1v) is 6.74. The lowest BCUT2D eigenvalue weighted by atomic mass is 9.81. The van der Waals surface area contributed by atoms with E-state index in [1.807, 2.05) is 0 Å². The second-order valence-corrected chi connectivity index (χ2v) is 5.70. The van der Waals surface area contributed by atoms with E-state index >= 15 is 0 Å². The number of aryl methyl sites for hydroxylation is 1. The number of hydrogen-bond acceptors (Lipinski definition) is 5. The number of anilines is 1. The van der Waals surface area contributed by atoms with Gasteiger partial charge in [0.15, 0.2) is 5.82 Å². The zero-order valence-electron chi connectivity index (χ0n) is 11.9. The Kier molecular flexibility index (Phi) is 3.12. The zero-order valence-corrected chi connectivity index (χ0v) is 11.9. The third-order valence-corrected chi connectivity index (χ3v) is 4.47. The number of carboxylic acids is 1. The summed E-state index contributed by atoms with van der Waals surface area (Å²) in [5.74, 6) is -0.0659. The Labute approximate surface area is 121 Å². The third-order valence-electron chi connectivity index (χ3n) is 4.47. The number of hydrogen-bond donors (Lipinski definition) is 2. The van der Waals surface area contributed by atoms with Crippen LogP contribution in [0.15, 0.2) is 4.52 Å². The highest BCUT2D eigenvalue weighted by molar-refractivity contribution is 5.90. The fraction of sp³-hybridized carbons (Fsp3) is 0.615. The molecule has 0 unspecified atom stereocenters. The molecular formula is C13H17N3O5. The van der Waals surface area contributed by atoms with E-state index in [0.29, 0.717) is 24.7 Å². The van der Waals surface area contributed by atoms with Crippen LogP contribution in [0.3, 0.4) is 0 Å². The summed E-state index contributed by atoms with van der Waals surface area (Å²) in [5, 5.41) is 15.9. The molecule has 1 aromatic rings. The maximum Gasteiger partial charge on any atom is 0.323 e. The van der Waals surface area contributed by atoms with Gasteiger partial charge in [0.1, 0.15) is 11.2 Å². The van der Waals surface area contributed by atoms with Gasteiger partial charge in [0.05, 0.1) is 13.2 Å². The van der Waals surface area contributed by atoms with E-state index in [4.69, 9.17) is 9.26 Å². The summed E-state index contributed by atoms with van der Waals surface area (Å²) in [6, 6.07) is -0.360. The van der Waals surface area contributed by atoms with Gasteiger partial charge in [-0.25, -0.2) is 4.79 Å². The molecular weight excluding hydrogens is 278 g/mol. The Morgan fingerprint density at radius 1 is 1.48 bits per heavy atom. The Morgan fingerprint density at radius 3 is 2.81 bits per heavy atom. The minimum atomic E-state index is -0.980. The van der Waals surface area contributed by atoms with Crippen molar-refractivity contribution in [1.29, 1.82) is 0 Å². The Balaban J connectivity index is 1.73. The van der Waals surface area contributed by atoms with Crippen LogP contribution in [0, 0.1) is 25.2 Å². The topological polar surface area (TPSA) is 105 Å². The summed E-state index contributed by atoms with van der Waals surface area (Å²) in [7, 11) is 0. The quantitative estimate of drug-likeness (QED) is 0.838. The molecule has 0 radical (unpaired) electrons. The van der Waals surface area contributed by atoms with E-state index in [-0.39, 0.29) is 25.1 Å². The monoisotopic (exact) mass is 295 g/mol. The van der Waals surface area contributed by atoms with E-state index in [1.54, 1.807) is 13.8 Å². The van der Waals surface area contributed by atoms with Crippen LogP contribution < -0.4 is 5.32 Å². The third kappa shape index (κ3) is 2.06. The van der Waals surface area contributed by atoms with Gasteiger partial charge < -0.3 is 19.3 Å². The van der Waals surface area contributed by atoms with Crippen LogP contribution >= 0.6 is 0 Å². The standard InChI is InChI=1S/C13H17N3O5/c1-7-8(2)21-15-10(7)14-12(19)16-3-9-4-20-6-13(9,5-16)11(17)18/h9H,3-6H2,1-2H3,(H,17,18)(H,14,15,19)/t9-,13-/m1/s1. The zero-order chi connectivity index (χ0) is 15.2. The van der Waals surface area contributed by atoms with Gasteiger partial charge in [-0.3, -0.25) is 10.1 Å². The average molecular weight is 295 g/mol. The molecule has 0 spiro atoms. The van der Waals surface area contributed by atoms with Gasteiger partial charge >= 0.3 is 12.0 Å². The molecule has 8 heteroatoms. The van der Waals surface area contributed by atoms with E-state index in [1.165, 1.54) is 4.90 Å². The molecule has 2 aliphatic rings. The van der Waals surface area contributed by atoms with Gasteiger partial charge in [-0.1, -0.05) is 5.16 Å². The van der Waals surface area contributed by atoms with Gasteiger partial charge in [-0.2, -0.15) is 0 Å². The van der Waals surface area contributed by atoms with Crippen LogP contribution in [0.25, 0.3) is 0 Å². The first-order valence-electron chi connectivity index (χ1n) is 6.74. The molecule has 114 valence electrons. The van der Waals surface area contributed by atoms with E-state index in [9.17, 15) is 14.7 Å². The first-order chi connectivity index (χ1) is 9.94. The van der Waals surface area contributed by atoms with Crippen LogP contribution in [-0.4, -0.2) is 53.5 Å². The van der Waals surface area contributed by atoms with E-state index < -0.39 is 11.4 Å². The number of urea groups is 1. The number of aliphatic carboxylic acids is 1. The Hall–Kier alpha value is -2.09. The molecule has 2 aliphatic heterocycles. The number of rotatable bonds is 2. The number of nitrogens with one attached hydrogen (secondary N) is 1. The number of nitrogens with zero attached hydrogens (tertiary/aromatic N) is 2. The largest absolute Gasteiger partial charge is 0.481 e. The van der Waals surface area contributed by atoms with Crippen molar-refractivity contribution in [2.45, 2.75) is 13.8 Å². The van der Waals surface area contributed by atoms with Gasteiger partial charge in [0.2, 0.25) is 0 Å². The lowest BCUT2D eigenvalue weighted by Gasteiger charge is -2.21. The fourth-order valence-corrected chi connectivity index (χ4v) is 2.91. The van der Waals surface area contributed by atoms with Crippen LogP contribution in [0.2, 0.25) is 0 Å². The molecule has 0 aliphatic carbocycles. The molecule has 2 saturated heterocycles. The number of likely N-dealkylation sites (tertiary alicyclic amines) is 1. The van der Waals surface area contributed by atoms with Crippen molar-refractivity contribution in [3.05, 3.63) is 11.3 Å². The van der Waals surface area contributed by atoms with Crippen molar-refractivity contribution in [3.8, 4) is 0 Å². The van der Waals surface area contributed by atoms with Crippen LogP contribution in [0.5, 0.6) is 0 Å². The molecule has 0 aromatic carbocycles. The highest BCUT2D eigenvalue weighted by Crippen LogP contribution is 2.41. The molecule has 8 nitrogen and oxygen atoms in total. The Bertz CT molecular complexity index is 599. The maximum atomic E-state index is 12.3. The van der Waals surface area contributed by atoms with Crippen molar-refractivity contribution in [2.75, 3.05) is 31.6 Å². The van der Waals surface area contributed by atoms with E-state index in [2.05, 4.69) is 10.5 Å². The summed E-state index contributed by atoms with van der Waals surface area (Å²) in [5.41, 5.74) is -0.217. The molecule has 3 rings (SSSR count). The van der Waals surface area contributed by atoms with E-state index in [0.717, 1.165) is 5.56 Å². The minimum Gasteiger partial charge on any atom is -0.481 e. The lowest BCUT2D eigenvalue weighted by molar-refractivity contribution is -0.149. The number of aromatic nitrogens is 1.